The number of nitrogens with one attached hydrogen (secondary N) is 6. The largest absolute Gasteiger partial charge is 0.503 e. The molecule has 3 fully saturated rings. The average molecular weight is 1510 g/mol. The summed E-state index contributed by atoms with van der Waals surface area (Å²) >= 11 is 0. The number of ether oxygens (including phenoxy) is 5. The zero-order chi connectivity index (χ0) is 76.5. The maximum atomic E-state index is 14.1. The van der Waals surface area contributed by atoms with Crippen molar-refractivity contribution in [1.82, 2.24) is 60.3 Å². The van der Waals surface area contributed by atoms with E-state index in [1.54, 1.807) is 18.9 Å². The minimum absolute atomic E-state index is 0.0526. The number of fused-ring (bicyclic) bond motifs is 6. The highest BCUT2D eigenvalue weighted by Crippen LogP contribution is 2.50. The van der Waals surface area contributed by atoms with Crippen LogP contribution >= 0.6 is 0 Å². The first-order valence-corrected chi connectivity index (χ1v) is 34.8. The summed E-state index contributed by atoms with van der Waals surface area (Å²) in [4.78, 5) is 125. The van der Waals surface area contributed by atoms with Gasteiger partial charge in [-0.15, -0.1) is 0 Å². The highest BCUT2D eigenvalue weighted by molar-refractivity contribution is 6.03. The van der Waals surface area contributed by atoms with Crippen LogP contribution in [0.2, 0.25) is 0 Å². The first-order valence-electron chi connectivity index (χ1n) is 34.8. The van der Waals surface area contributed by atoms with Crippen molar-refractivity contribution in [2.45, 2.75) is 134 Å². The molecule has 3 saturated heterocycles. The second kappa shape index (κ2) is 30.3. The van der Waals surface area contributed by atoms with Crippen molar-refractivity contribution in [2.24, 2.45) is 0 Å². The number of carbonyl (C=O) groups is 6. The molecule has 6 amide bonds. The number of amides is 6. The van der Waals surface area contributed by atoms with Crippen molar-refractivity contribution in [3.63, 3.8) is 0 Å². The van der Waals surface area contributed by atoms with E-state index in [4.69, 9.17) is 23.7 Å². The molecule has 0 saturated carbocycles. The van der Waals surface area contributed by atoms with E-state index >= 15 is 0 Å². The molecule has 0 radical (unpaired) electrons. The van der Waals surface area contributed by atoms with Gasteiger partial charge in [-0.2, -0.15) is 0 Å². The van der Waals surface area contributed by atoms with Crippen LogP contribution in [-0.4, -0.2) is 161 Å². The Morgan fingerprint density at radius 1 is 0.439 bits per heavy atom. The van der Waals surface area contributed by atoms with Crippen molar-refractivity contribution >= 4 is 35.4 Å². The van der Waals surface area contributed by atoms with Gasteiger partial charge in [-0.1, -0.05) is 20.8 Å². The lowest BCUT2D eigenvalue weighted by Gasteiger charge is -2.44. The van der Waals surface area contributed by atoms with Gasteiger partial charge in [0, 0.05) is 92.4 Å². The molecular formula is C71H73F9N12O15. The van der Waals surface area contributed by atoms with Crippen molar-refractivity contribution in [2.75, 3.05) is 73.3 Å². The van der Waals surface area contributed by atoms with Gasteiger partial charge in [0.05, 0.1) is 87.4 Å². The van der Waals surface area contributed by atoms with E-state index in [0.717, 1.165) is 0 Å². The minimum atomic E-state index is -1.19. The number of nitrogens with zero attached hydrogens (tertiary/aromatic N) is 6. The van der Waals surface area contributed by atoms with Gasteiger partial charge in [-0.25, -0.2) is 39.5 Å². The van der Waals surface area contributed by atoms with Crippen molar-refractivity contribution in [1.29, 1.82) is 0 Å². The number of hydrogen-bond donors (Lipinski definition) is 7. The third-order valence-electron chi connectivity index (χ3n) is 20.5. The van der Waals surface area contributed by atoms with E-state index in [0.29, 0.717) is 145 Å². The summed E-state index contributed by atoms with van der Waals surface area (Å²) in [7, 11) is 2.48. The predicted octanol–water partition coefficient (Wildman–Crippen LogP) is 5.70. The summed E-state index contributed by atoms with van der Waals surface area (Å²) in [6, 6.07) is 0.364. The topological polar surface area (TPSA) is 317 Å². The maximum Gasteiger partial charge on any atom is 0.276 e. The standard InChI is InChI=1S/2C24H25F3N4O5.C23H23F3N4O5/c2*1-3-28-15-9-16-24-30(5-4-6-36-24)23(34)19-21(35-2)20(32)17(18(15)31(16)19)22(33)29-10-12-13(26)7-11(25)8-14(12)27;1-2-27-14-8-15-23-29(4-3-5-35-23)22(34)18-20(32)19(31)16(17(14)30(15)18)21(33)28-9-11-12(25)6-10(24)7-13(11)26/h2*7-8,15-16,24,28H,3-6,9-10H2,1-2H3,(H,29,33);6-7,14-15,23,27,32H,2-5,8-9H2,1H3,(H,28,33). The fourth-order valence-electron chi connectivity index (χ4n) is 16.1. The van der Waals surface area contributed by atoms with E-state index in [1.807, 2.05) is 20.8 Å². The van der Waals surface area contributed by atoms with Crippen LogP contribution in [0.1, 0.15) is 192 Å². The number of benzene rings is 3. The molecule has 15 rings (SSSR count). The molecule has 9 aliphatic rings. The number of aromatic hydroxyl groups is 1. The highest BCUT2D eigenvalue weighted by atomic mass is 19.2. The van der Waals surface area contributed by atoms with Crippen LogP contribution in [0.3, 0.4) is 0 Å². The molecule has 107 heavy (non-hydrogen) atoms. The zero-order valence-electron chi connectivity index (χ0n) is 58.1. The minimum Gasteiger partial charge on any atom is -0.503 e. The number of halogens is 9. The van der Waals surface area contributed by atoms with Crippen LogP contribution in [0.5, 0.6) is 17.2 Å². The fraction of sp³-hybridized carbons (Fsp3) is 0.451. The molecule has 0 bridgehead atoms. The number of pyridine rings is 3. The second-order valence-corrected chi connectivity index (χ2v) is 26.5. The molecular weight excluding hydrogens is 1430 g/mol. The Hall–Kier alpha value is -10.1. The summed E-state index contributed by atoms with van der Waals surface area (Å²) in [5, 5.41) is 27.5. The molecule has 0 aliphatic carbocycles. The van der Waals surface area contributed by atoms with Gasteiger partial charge in [0.15, 0.2) is 53.0 Å². The van der Waals surface area contributed by atoms with E-state index < -0.39 is 195 Å². The van der Waals surface area contributed by atoms with Gasteiger partial charge in [0.2, 0.25) is 16.3 Å². The Kier molecular flexibility index (Phi) is 21.2. The SMILES string of the molecule is CCNC1CC2C3OCCCN3C(=O)c3c(O)c(=O)c(C(=O)NCc4c(F)cc(F)cc4F)c1n32.CCNC1CC2C3OCCCN3C(=O)c3c(OC)c(=O)c(C(=O)NCc4c(F)cc(F)cc4F)c1n32.CCNC1CC2C3OCCCN3C(=O)c3c(OC)c(=O)c(C(=O)NCc4c(F)cc(F)cc4F)c1n32. The predicted molar refractivity (Wildman–Crippen MR) is 356 cm³/mol. The van der Waals surface area contributed by atoms with Crippen molar-refractivity contribution in [3.8, 4) is 17.2 Å². The van der Waals surface area contributed by atoms with Crippen LogP contribution in [0.25, 0.3) is 0 Å². The van der Waals surface area contributed by atoms with Crippen molar-refractivity contribution in [3.05, 3.63) is 187 Å². The van der Waals surface area contributed by atoms with Crippen LogP contribution in [0.15, 0.2) is 50.8 Å². The molecule has 7 N–H and O–H groups in total. The number of rotatable bonds is 17. The third kappa shape index (κ3) is 13.0. The molecule has 9 atom stereocenters. The first-order chi connectivity index (χ1) is 51.3. The molecule has 3 aromatic carbocycles. The lowest BCUT2D eigenvalue weighted by Crippen LogP contribution is -2.55. The van der Waals surface area contributed by atoms with E-state index in [-0.39, 0.29) is 57.5 Å². The third-order valence-corrected chi connectivity index (χ3v) is 20.5. The van der Waals surface area contributed by atoms with Gasteiger partial charge < -0.3 is 89.1 Å². The Morgan fingerprint density at radius 2 is 0.710 bits per heavy atom. The molecule has 3 aromatic heterocycles. The summed E-state index contributed by atoms with van der Waals surface area (Å²) in [6.45, 7) is 7.93. The molecule has 12 heterocycles. The molecule has 9 unspecified atom stereocenters. The van der Waals surface area contributed by atoms with Crippen LogP contribution < -0.4 is 57.7 Å². The highest BCUT2D eigenvalue weighted by Gasteiger charge is 2.55. The first kappa shape index (κ1) is 75.1. The smallest absolute Gasteiger partial charge is 0.276 e. The van der Waals surface area contributed by atoms with E-state index in [1.165, 1.54) is 23.7 Å². The molecule has 27 nitrogen and oxygen atoms in total. The van der Waals surface area contributed by atoms with E-state index in [9.17, 15) is 87.8 Å². The van der Waals surface area contributed by atoms with Gasteiger partial charge in [0.25, 0.3) is 35.4 Å². The summed E-state index contributed by atoms with van der Waals surface area (Å²) < 4.78 is 158. The molecule has 570 valence electrons. The molecule has 6 aromatic rings. The quantitative estimate of drug-likeness (QED) is 0.0538. The molecule has 9 aliphatic heterocycles. The monoisotopic (exact) mass is 1500 g/mol. The summed E-state index contributed by atoms with van der Waals surface area (Å²) in [6.07, 6.45) is 1.46. The number of hydrogen-bond acceptors (Lipinski definition) is 18. The maximum absolute atomic E-state index is 14.1. The van der Waals surface area contributed by atoms with Crippen LogP contribution in [0.4, 0.5) is 39.5 Å². The lowest BCUT2D eigenvalue weighted by atomic mass is 10.0. The van der Waals surface area contributed by atoms with Gasteiger partial charge >= 0.3 is 0 Å². The van der Waals surface area contributed by atoms with Gasteiger partial charge in [-0.3, -0.25) is 43.2 Å². The summed E-state index contributed by atoms with van der Waals surface area (Å²) in [5.41, 5.74) is -4.65. The summed E-state index contributed by atoms with van der Waals surface area (Å²) in [5.74, 6) is -15.9. The zero-order valence-corrected chi connectivity index (χ0v) is 58.1. The lowest BCUT2D eigenvalue weighted by molar-refractivity contribution is -0.110. The second-order valence-electron chi connectivity index (χ2n) is 26.5. The van der Waals surface area contributed by atoms with Gasteiger partial charge in [-0.05, 0) is 58.2 Å². The normalized spacial score (nSPS) is 22.4. The van der Waals surface area contributed by atoms with Crippen LogP contribution in [0, 0.1) is 52.4 Å². The molecule has 0 spiro atoms. The Labute approximate surface area is 602 Å². The number of methoxy groups -OCH3 is 2. The van der Waals surface area contributed by atoms with Gasteiger partial charge in [0.1, 0.15) is 69.0 Å². The number of carbonyl (C=O) groups excluding carboxylic acids is 6. The van der Waals surface area contributed by atoms with Crippen molar-refractivity contribution < 1.29 is 97.1 Å². The Morgan fingerprint density at radius 3 is 0.991 bits per heavy atom. The number of aromatic nitrogens is 3. The Bertz CT molecular complexity index is 4600. The van der Waals surface area contributed by atoms with Crippen LogP contribution in [-0.2, 0) is 33.8 Å². The fourth-order valence-corrected chi connectivity index (χ4v) is 16.1. The Balaban J connectivity index is 0.000000142. The average Bonchev–Trinajstić information content (AvgIpc) is 1.61. The molecule has 36 heteroatoms. The van der Waals surface area contributed by atoms with E-state index in [2.05, 4.69) is 31.9 Å².